The van der Waals surface area contributed by atoms with Gasteiger partial charge >= 0.3 is 5.97 Å². The second-order valence-electron chi connectivity index (χ2n) is 5.96. The molecule has 1 aromatic carbocycles. The summed E-state index contributed by atoms with van der Waals surface area (Å²) in [6, 6.07) is 7.51. The Morgan fingerprint density at radius 2 is 1.90 bits per heavy atom. The van der Waals surface area contributed by atoms with Crippen molar-refractivity contribution in [2.24, 2.45) is 5.41 Å². The SMILES string of the molecule is CC#C[C@H](CC(=O)O)c1ccc(OCC(C)(C)C)cc1. The van der Waals surface area contributed by atoms with Gasteiger partial charge in [-0.1, -0.05) is 38.8 Å². The van der Waals surface area contributed by atoms with Crippen LogP contribution in [0, 0.1) is 17.3 Å². The smallest absolute Gasteiger partial charge is 0.304 e. The predicted octanol–water partition coefficient (Wildman–Crippen LogP) is 3.69. The summed E-state index contributed by atoms with van der Waals surface area (Å²) < 4.78 is 5.69. The van der Waals surface area contributed by atoms with Crippen LogP contribution in [-0.2, 0) is 4.79 Å². The predicted molar refractivity (Wildman–Crippen MR) is 79.8 cm³/mol. The lowest BCUT2D eigenvalue weighted by atomic mass is 9.96. The molecule has 0 aliphatic heterocycles. The normalized spacial score (nSPS) is 12.2. The summed E-state index contributed by atoms with van der Waals surface area (Å²) in [6.07, 6.45) is 0.0169. The van der Waals surface area contributed by atoms with E-state index in [1.54, 1.807) is 6.92 Å². The molecule has 0 aliphatic rings. The van der Waals surface area contributed by atoms with Gasteiger partial charge < -0.3 is 9.84 Å². The van der Waals surface area contributed by atoms with Gasteiger partial charge in [0.2, 0.25) is 0 Å². The van der Waals surface area contributed by atoms with Crippen LogP contribution in [0.5, 0.6) is 5.75 Å². The molecule has 1 aromatic rings. The highest BCUT2D eigenvalue weighted by molar-refractivity contribution is 5.69. The number of aliphatic carboxylic acids is 1. The van der Waals surface area contributed by atoms with Crippen LogP contribution in [0.3, 0.4) is 0 Å². The summed E-state index contributed by atoms with van der Waals surface area (Å²) in [5.41, 5.74) is 1.02. The first-order chi connectivity index (χ1) is 9.31. The third kappa shape index (κ3) is 5.79. The third-order valence-corrected chi connectivity index (χ3v) is 2.65. The number of rotatable bonds is 5. The molecule has 0 unspecified atom stereocenters. The Balaban J connectivity index is 2.77. The molecule has 1 N–H and O–H groups in total. The molecule has 0 aliphatic carbocycles. The van der Waals surface area contributed by atoms with E-state index in [9.17, 15) is 4.79 Å². The number of carboxylic acids is 1. The number of ether oxygens (including phenoxy) is 1. The van der Waals surface area contributed by atoms with Crippen molar-refractivity contribution in [2.75, 3.05) is 6.61 Å². The molecule has 20 heavy (non-hydrogen) atoms. The first-order valence-corrected chi connectivity index (χ1v) is 6.68. The van der Waals surface area contributed by atoms with Gasteiger partial charge in [0.25, 0.3) is 0 Å². The van der Waals surface area contributed by atoms with E-state index in [1.807, 2.05) is 24.3 Å². The van der Waals surface area contributed by atoms with Gasteiger partial charge in [0, 0.05) is 0 Å². The summed E-state index contributed by atoms with van der Waals surface area (Å²) in [5, 5.41) is 8.91. The molecule has 0 radical (unpaired) electrons. The maximum atomic E-state index is 10.8. The average Bonchev–Trinajstić information content (AvgIpc) is 2.35. The monoisotopic (exact) mass is 274 g/mol. The fourth-order valence-electron chi connectivity index (χ4n) is 1.70. The zero-order valence-corrected chi connectivity index (χ0v) is 12.6. The van der Waals surface area contributed by atoms with Crippen molar-refractivity contribution < 1.29 is 14.6 Å². The van der Waals surface area contributed by atoms with E-state index in [-0.39, 0.29) is 17.8 Å². The van der Waals surface area contributed by atoms with Crippen LogP contribution >= 0.6 is 0 Å². The molecule has 3 nitrogen and oxygen atoms in total. The first-order valence-electron chi connectivity index (χ1n) is 6.68. The summed E-state index contributed by atoms with van der Waals surface area (Å²) in [6.45, 7) is 8.69. The van der Waals surface area contributed by atoms with E-state index in [2.05, 4.69) is 32.6 Å². The Kier molecular flexibility index (Phi) is 5.64. The van der Waals surface area contributed by atoms with Crippen LogP contribution in [-0.4, -0.2) is 17.7 Å². The lowest BCUT2D eigenvalue weighted by Gasteiger charge is -2.19. The number of hydrogen-bond donors (Lipinski definition) is 1. The van der Waals surface area contributed by atoms with Gasteiger partial charge in [-0.05, 0) is 30.0 Å². The largest absolute Gasteiger partial charge is 0.493 e. The van der Waals surface area contributed by atoms with E-state index >= 15 is 0 Å². The Labute approximate surface area is 121 Å². The summed E-state index contributed by atoms with van der Waals surface area (Å²) in [5.74, 6) is 5.40. The molecule has 0 amide bonds. The number of carboxylic acid groups (broad SMARTS) is 1. The topological polar surface area (TPSA) is 46.5 Å². The van der Waals surface area contributed by atoms with E-state index < -0.39 is 5.97 Å². The van der Waals surface area contributed by atoms with Crippen LogP contribution in [0.2, 0.25) is 0 Å². The van der Waals surface area contributed by atoms with Gasteiger partial charge in [0.15, 0.2) is 0 Å². The molecule has 0 bridgehead atoms. The lowest BCUT2D eigenvalue weighted by Crippen LogP contribution is -2.16. The Hall–Kier alpha value is -1.95. The Morgan fingerprint density at radius 1 is 1.30 bits per heavy atom. The molecule has 0 aromatic heterocycles. The van der Waals surface area contributed by atoms with Gasteiger partial charge in [0.1, 0.15) is 5.75 Å². The molecule has 1 rings (SSSR count). The Morgan fingerprint density at radius 3 is 2.35 bits per heavy atom. The van der Waals surface area contributed by atoms with Crippen molar-refractivity contribution in [1.29, 1.82) is 0 Å². The van der Waals surface area contributed by atoms with Crippen LogP contribution in [0.15, 0.2) is 24.3 Å². The van der Waals surface area contributed by atoms with Gasteiger partial charge in [-0.15, -0.1) is 5.92 Å². The minimum absolute atomic E-state index is 0.0169. The fraction of sp³-hybridized carbons (Fsp3) is 0.471. The molecule has 0 heterocycles. The van der Waals surface area contributed by atoms with Gasteiger partial charge in [-0.3, -0.25) is 4.79 Å². The molecule has 3 heteroatoms. The number of hydrogen-bond acceptors (Lipinski definition) is 2. The summed E-state index contributed by atoms with van der Waals surface area (Å²) >= 11 is 0. The van der Waals surface area contributed by atoms with Gasteiger partial charge in [-0.2, -0.15) is 0 Å². The second kappa shape index (κ2) is 7.00. The molecular weight excluding hydrogens is 252 g/mol. The molecule has 1 atom stereocenters. The molecule has 0 fully saturated rings. The number of carbonyl (C=O) groups is 1. The van der Waals surface area contributed by atoms with Crippen molar-refractivity contribution in [3.05, 3.63) is 29.8 Å². The summed E-state index contributed by atoms with van der Waals surface area (Å²) in [7, 11) is 0. The van der Waals surface area contributed by atoms with Crippen molar-refractivity contribution >= 4 is 5.97 Å². The van der Waals surface area contributed by atoms with Crippen molar-refractivity contribution in [1.82, 2.24) is 0 Å². The lowest BCUT2D eigenvalue weighted by molar-refractivity contribution is -0.137. The molecule has 0 saturated heterocycles. The maximum Gasteiger partial charge on any atom is 0.304 e. The standard InChI is InChI=1S/C17H22O3/c1-5-6-14(11-16(18)19)13-7-9-15(10-8-13)20-12-17(2,3)4/h7-10,14H,11-12H2,1-4H3,(H,18,19)/t14-/m1/s1. The van der Waals surface area contributed by atoms with Crippen LogP contribution in [0.25, 0.3) is 0 Å². The van der Waals surface area contributed by atoms with Crippen molar-refractivity contribution in [2.45, 2.75) is 40.0 Å². The summed E-state index contributed by atoms with van der Waals surface area (Å²) in [4.78, 5) is 10.8. The minimum atomic E-state index is -0.842. The molecule has 0 saturated carbocycles. The third-order valence-electron chi connectivity index (χ3n) is 2.65. The highest BCUT2D eigenvalue weighted by Crippen LogP contribution is 2.23. The highest BCUT2D eigenvalue weighted by atomic mass is 16.5. The zero-order chi connectivity index (χ0) is 15.2. The molecule has 108 valence electrons. The highest BCUT2D eigenvalue weighted by Gasteiger charge is 2.14. The average molecular weight is 274 g/mol. The zero-order valence-electron chi connectivity index (χ0n) is 12.6. The van der Waals surface area contributed by atoms with Crippen LogP contribution in [0.4, 0.5) is 0 Å². The quantitative estimate of drug-likeness (QED) is 0.833. The van der Waals surface area contributed by atoms with E-state index in [1.165, 1.54) is 0 Å². The minimum Gasteiger partial charge on any atom is -0.493 e. The van der Waals surface area contributed by atoms with Crippen molar-refractivity contribution in [3.8, 4) is 17.6 Å². The van der Waals surface area contributed by atoms with E-state index in [0.29, 0.717) is 6.61 Å². The van der Waals surface area contributed by atoms with E-state index in [4.69, 9.17) is 9.84 Å². The van der Waals surface area contributed by atoms with Gasteiger partial charge in [-0.25, -0.2) is 0 Å². The first kappa shape index (κ1) is 16.1. The molecule has 0 spiro atoms. The molecular formula is C17H22O3. The van der Waals surface area contributed by atoms with Crippen molar-refractivity contribution in [3.63, 3.8) is 0 Å². The number of benzene rings is 1. The van der Waals surface area contributed by atoms with E-state index in [0.717, 1.165) is 11.3 Å². The van der Waals surface area contributed by atoms with Gasteiger partial charge in [0.05, 0.1) is 18.9 Å². The maximum absolute atomic E-state index is 10.8. The fourth-order valence-corrected chi connectivity index (χ4v) is 1.70. The second-order valence-corrected chi connectivity index (χ2v) is 5.96. The Bertz CT molecular complexity index is 498. The van der Waals surface area contributed by atoms with Crippen LogP contribution in [0.1, 0.15) is 45.6 Å². The van der Waals surface area contributed by atoms with Crippen LogP contribution < -0.4 is 4.74 Å².